The third kappa shape index (κ3) is 4.78. The van der Waals surface area contributed by atoms with Crippen molar-refractivity contribution >= 4 is 17.8 Å². The van der Waals surface area contributed by atoms with E-state index in [1.807, 2.05) is 0 Å². The minimum Gasteiger partial charge on any atom is -0.480 e. The Balaban J connectivity index is 1.70. The molecule has 118 valence electrons. The summed E-state index contributed by atoms with van der Waals surface area (Å²) < 4.78 is 0. The van der Waals surface area contributed by atoms with Gasteiger partial charge in [-0.05, 0) is 31.8 Å². The van der Waals surface area contributed by atoms with Crippen molar-refractivity contribution in [2.45, 2.75) is 25.7 Å². The van der Waals surface area contributed by atoms with Gasteiger partial charge in [-0.1, -0.05) is 0 Å². The molecule has 0 aromatic rings. The van der Waals surface area contributed by atoms with Crippen molar-refractivity contribution in [1.29, 1.82) is 0 Å². The van der Waals surface area contributed by atoms with Crippen LogP contribution in [0.5, 0.6) is 0 Å². The second-order valence-electron chi connectivity index (χ2n) is 5.77. The highest BCUT2D eigenvalue weighted by Crippen LogP contribution is 2.17. The van der Waals surface area contributed by atoms with Crippen molar-refractivity contribution < 1.29 is 19.5 Å². The quantitative estimate of drug-likeness (QED) is 0.617. The predicted octanol–water partition coefficient (Wildman–Crippen LogP) is -0.478. The number of hydrogen-bond acceptors (Lipinski definition) is 5. The van der Waals surface area contributed by atoms with E-state index in [0.717, 1.165) is 25.9 Å². The highest BCUT2D eigenvalue weighted by atomic mass is 16.4. The van der Waals surface area contributed by atoms with Crippen LogP contribution in [0.1, 0.15) is 25.7 Å². The molecule has 2 amide bonds. The first-order valence-corrected chi connectivity index (χ1v) is 7.54. The molecule has 0 aromatic heterocycles. The number of carboxylic acids is 1. The first-order chi connectivity index (χ1) is 10.1. The number of amides is 2. The van der Waals surface area contributed by atoms with Crippen LogP contribution in [-0.2, 0) is 14.4 Å². The van der Waals surface area contributed by atoms with E-state index in [9.17, 15) is 14.4 Å². The average Bonchev–Trinajstić information content (AvgIpc) is 2.76. The Morgan fingerprint density at radius 2 is 1.95 bits per heavy atom. The van der Waals surface area contributed by atoms with E-state index in [0.29, 0.717) is 38.4 Å². The number of nitrogens with zero attached hydrogens (tertiary/aromatic N) is 2. The van der Waals surface area contributed by atoms with Crippen LogP contribution in [0.4, 0.5) is 0 Å². The number of imide groups is 1. The lowest BCUT2D eigenvalue weighted by atomic mass is 9.98. The normalized spacial score (nSPS) is 23.8. The molecule has 2 rings (SSSR count). The fourth-order valence-electron chi connectivity index (χ4n) is 3.02. The predicted molar refractivity (Wildman–Crippen MR) is 75.6 cm³/mol. The first-order valence-electron chi connectivity index (χ1n) is 7.54. The Bertz CT molecular complexity index is 397. The second kappa shape index (κ2) is 7.51. The number of aliphatic carboxylic acids is 1. The molecule has 0 aromatic carbocycles. The van der Waals surface area contributed by atoms with Gasteiger partial charge >= 0.3 is 5.97 Å². The van der Waals surface area contributed by atoms with Crippen molar-refractivity contribution in [2.75, 3.05) is 39.3 Å². The van der Waals surface area contributed by atoms with E-state index in [-0.39, 0.29) is 18.4 Å². The van der Waals surface area contributed by atoms with Crippen LogP contribution in [0.15, 0.2) is 0 Å². The van der Waals surface area contributed by atoms with Crippen LogP contribution in [0, 0.1) is 5.92 Å². The molecule has 2 fully saturated rings. The summed E-state index contributed by atoms with van der Waals surface area (Å²) in [5, 5.41) is 11.5. The zero-order chi connectivity index (χ0) is 15.2. The number of hydrogen-bond donors (Lipinski definition) is 2. The largest absolute Gasteiger partial charge is 0.480 e. The van der Waals surface area contributed by atoms with Gasteiger partial charge in [0.05, 0.1) is 6.54 Å². The van der Waals surface area contributed by atoms with Crippen LogP contribution < -0.4 is 5.32 Å². The van der Waals surface area contributed by atoms with E-state index in [1.165, 1.54) is 4.90 Å². The molecule has 2 aliphatic heterocycles. The Morgan fingerprint density at radius 3 is 2.62 bits per heavy atom. The number of carboxylic acid groups (broad SMARTS) is 1. The highest BCUT2D eigenvalue weighted by molar-refractivity contribution is 6.01. The SMILES string of the molecule is O=C(O)CNCC1CCCN(CCN2C(=O)CCC2=O)C1. The summed E-state index contributed by atoms with van der Waals surface area (Å²) in [6.45, 7) is 3.76. The summed E-state index contributed by atoms with van der Waals surface area (Å²) in [5.41, 5.74) is 0. The molecule has 2 aliphatic rings. The van der Waals surface area contributed by atoms with Crippen molar-refractivity contribution in [2.24, 2.45) is 5.92 Å². The molecular weight excluding hydrogens is 274 g/mol. The van der Waals surface area contributed by atoms with E-state index < -0.39 is 5.97 Å². The molecule has 0 radical (unpaired) electrons. The lowest BCUT2D eigenvalue weighted by Gasteiger charge is -2.33. The van der Waals surface area contributed by atoms with Crippen molar-refractivity contribution in [1.82, 2.24) is 15.1 Å². The standard InChI is InChI=1S/C14H23N3O4/c18-12-3-4-13(19)17(12)7-6-16-5-1-2-11(10-16)8-15-9-14(20)21/h11,15H,1-10H2,(H,20,21). The number of likely N-dealkylation sites (tertiary alicyclic amines) is 2. The number of carbonyl (C=O) groups is 3. The van der Waals surface area contributed by atoms with Crippen LogP contribution >= 0.6 is 0 Å². The van der Waals surface area contributed by atoms with Gasteiger partial charge in [0.2, 0.25) is 11.8 Å². The van der Waals surface area contributed by atoms with Gasteiger partial charge in [-0.15, -0.1) is 0 Å². The Hall–Kier alpha value is -1.47. The minimum absolute atomic E-state index is 0.00667. The van der Waals surface area contributed by atoms with E-state index >= 15 is 0 Å². The molecule has 21 heavy (non-hydrogen) atoms. The summed E-state index contributed by atoms with van der Waals surface area (Å²) in [6, 6.07) is 0. The maximum Gasteiger partial charge on any atom is 0.317 e. The van der Waals surface area contributed by atoms with E-state index in [2.05, 4.69) is 10.2 Å². The average molecular weight is 297 g/mol. The molecule has 1 atom stereocenters. The molecule has 2 N–H and O–H groups in total. The van der Waals surface area contributed by atoms with Gasteiger partial charge in [0, 0.05) is 32.5 Å². The molecular formula is C14H23N3O4. The fraction of sp³-hybridized carbons (Fsp3) is 0.786. The topological polar surface area (TPSA) is 89.9 Å². The third-order valence-corrected chi connectivity index (χ3v) is 4.11. The van der Waals surface area contributed by atoms with E-state index in [1.54, 1.807) is 0 Å². The minimum atomic E-state index is -0.839. The molecule has 2 saturated heterocycles. The number of nitrogens with one attached hydrogen (secondary N) is 1. The Labute approximate surface area is 124 Å². The van der Waals surface area contributed by atoms with Gasteiger partial charge in [-0.25, -0.2) is 0 Å². The lowest BCUT2D eigenvalue weighted by Crippen LogP contribution is -2.44. The Kier molecular flexibility index (Phi) is 5.69. The van der Waals surface area contributed by atoms with Crippen molar-refractivity contribution in [3.63, 3.8) is 0 Å². The van der Waals surface area contributed by atoms with Gasteiger partial charge in [0.15, 0.2) is 0 Å². The zero-order valence-corrected chi connectivity index (χ0v) is 12.2. The molecule has 7 heteroatoms. The summed E-state index contributed by atoms with van der Waals surface area (Å²) in [7, 11) is 0. The van der Waals surface area contributed by atoms with Crippen LogP contribution in [0.25, 0.3) is 0 Å². The smallest absolute Gasteiger partial charge is 0.317 e. The summed E-state index contributed by atoms with van der Waals surface area (Å²) >= 11 is 0. The van der Waals surface area contributed by atoms with Gasteiger partial charge in [0.25, 0.3) is 0 Å². The number of piperidine rings is 1. The molecule has 0 aliphatic carbocycles. The summed E-state index contributed by atoms with van der Waals surface area (Å²) in [6.07, 6.45) is 2.85. The van der Waals surface area contributed by atoms with Crippen molar-refractivity contribution in [3.05, 3.63) is 0 Å². The fourth-order valence-corrected chi connectivity index (χ4v) is 3.02. The molecule has 1 unspecified atom stereocenters. The van der Waals surface area contributed by atoms with Crippen molar-refractivity contribution in [3.8, 4) is 0 Å². The number of rotatable bonds is 7. The maximum atomic E-state index is 11.5. The van der Waals surface area contributed by atoms with Gasteiger partial charge in [-0.2, -0.15) is 0 Å². The lowest BCUT2D eigenvalue weighted by molar-refractivity contribution is -0.139. The molecule has 0 bridgehead atoms. The maximum absolute atomic E-state index is 11.5. The monoisotopic (exact) mass is 297 g/mol. The van der Waals surface area contributed by atoms with Crippen LogP contribution in [0.3, 0.4) is 0 Å². The zero-order valence-electron chi connectivity index (χ0n) is 12.2. The molecule has 0 saturated carbocycles. The summed E-state index contributed by atoms with van der Waals surface area (Å²) in [4.78, 5) is 37.2. The molecule has 7 nitrogen and oxygen atoms in total. The van der Waals surface area contributed by atoms with E-state index in [4.69, 9.17) is 5.11 Å². The first kappa shape index (κ1) is 15.9. The molecule has 0 spiro atoms. The van der Waals surface area contributed by atoms with Gasteiger partial charge in [0.1, 0.15) is 0 Å². The highest BCUT2D eigenvalue weighted by Gasteiger charge is 2.29. The van der Waals surface area contributed by atoms with Gasteiger partial charge < -0.3 is 15.3 Å². The second-order valence-corrected chi connectivity index (χ2v) is 5.77. The van der Waals surface area contributed by atoms with Crippen LogP contribution in [-0.4, -0.2) is 72.0 Å². The molecule has 2 heterocycles. The number of carbonyl (C=O) groups excluding carboxylic acids is 2. The summed E-state index contributed by atoms with van der Waals surface area (Å²) in [5.74, 6) is -0.523. The van der Waals surface area contributed by atoms with Crippen LogP contribution in [0.2, 0.25) is 0 Å². The third-order valence-electron chi connectivity index (χ3n) is 4.11. The Morgan fingerprint density at radius 1 is 1.24 bits per heavy atom. The van der Waals surface area contributed by atoms with Gasteiger partial charge in [-0.3, -0.25) is 19.3 Å².